The molecule has 154 valence electrons. The van der Waals surface area contributed by atoms with Crippen LogP contribution in [0.2, 0.25) is 0 Å². The monoisotopic (exact) mass is 437 g/mol. The molecule has 0 unspecified atom stereocenters. The molecule has 30 heavy (non-hydrogen) atoms. The Bertz CT molecular complexity index is 985. The Hall–Kier alpha value is -2.64. The Labute approximate surface area is 184 Å². The number of amides is 2. The summed E-state index contributed by atoms with van der Waals surface area (Å²) in [5.74, 6) is 1.36. The average molecular weight is 438 g/mol. The minimum absolute atomic E-state index is 0.0206. The van der Waals surface area contributed by atoms with Crippen molar-refractivity contribution in [3.05, 3.63) is 76.6 Å². The number of anilines is 1. The van der Waals surface area contributed by atoms with Crippen LogP contribution in [0, 0.1) is 5.92 Å². The SMILES string of the molecule is O=C(Nc1ccccn1)C1CCN(C(=O)c2ccccc2SCc2cccs2)CC1. The lowest BCUT2D eigenvalue weighted by molar-refractivity contribution is -0.121. The molecule has 0 bridgehead atoms. The van der Waals surface area contributed by atoms with Gasteiger partial charge in [0.2, 0.25) is 5.91 Å². The van der Waals surface area contributed by atoms with Crippen LogP contribution in [0.4, 0.5) is 5.82 Å². The summed E-state index contributed by atoms with van der Waals surface area (Å²) in [5, 5.41) is 4.94. The van der Waals surface area contributed by atoms with Gasteiger partial charge in [0.25, 0.3) is 5.91 Å². The molecular formula is C23H23N3O2S2. The van der Waals surface area contributed by atoms with Gasteiger partial charge in [-0.25, -0.2) is 4.98 Å². The van der Waals surface area contributed by atoms with Gasteiger partial charge < -0.3 is 10.2 Å². The van der Waals surface area contributed by atoms with Crippen molar-refractivity contribution >= 4 is 40.7 Å². The van der Waals surface area contributed by atoms with Crippen molar-refractivity contribution < 1.29 is 9.59 Å². The molecule has 7 heteroatoms. The number of thioether (sulfide) groups is 1. The zero-order chi connectivity index (χ0) is 20.8. The minimum atomic E-state index is -0.0977. The summed E-state index contributed by atoms with van der Waals surface area (Å²) in [5.41, 5.74) is 0.746. The average Bonchev–Trinajstić information content (AvgIpc) is 3.32. The predicted molar refractivity (Wildman–Crippen MR) is 122 cm³/mol. The number of nitrogens with one attached hydrogen (secondary N) is 1. The lowest BCUT2D eigenvalue weighted by Gasteiger charge is -2.31. The Kier molecular flexibility index (Phi) is 6.81. The zero-order valence-electron chi connectivity index (χ0n) is 16.5. The van der Waals surface area contributed by atoms with Gasteiger partial charge in [0.1, 0.15) is 5.82 Å². The van der Waals surface area contributed by atoms with E-state index in [1.165, 1.54) is 4.88 Å². The molecule has 0 saturated carbocycles. The highest BCUT2D eigenvalue weighted by Crippen LogP contribution is 2.30. The lowest BCUT2D eigenvalue weighted by Crippen LogP contribution is -2.41. The number of benzene rings is 1. The van der Waals surface area contributed by atoms with E-state index >= 15 is 0 Å². The van der Waals surface area contributed by atoms with E-state index in [1.807, 2.05) is 47.4 Å². The van der Waals surface area contributed by atoms with E-state index in [0.29, 0.717) is 31.7 Å². The van der Waals surface area contributed by atoms with Crippen molar-refractivity contribution in [3.8, 4) is 0 Å². The molecule has 2 amide bonds. The van der Waals surface area contributed by atoms with Gasteiger partial charge in [-0.05, 0) is 48.6 Å². The van der Waals surface area contributed by atoms with Crippen LogP contribution in [0.3, 0.4) is 0 Å². The van der Waals surface area contributed by atoms with Gasteiger partial charge in [-0.2, -0.15) is 0 Å². The normalized spacial score (nSPS) is 14.5. The van der Waals surface area contributed by atoms with Crippen LogP contribution >= 0.6 is 23.1 Å². The van der Waals surface area contributed by atoms with E-state index < -0.39 is 0 Å². The maximum Gasteiger partial charge on any atom is 0.254 e. The van der Waals surface area contributed by atoms with Crippen molar-refractivity contribution in [2.45, 2.75) is 23.5 Å². The number of likely N-dealkylation sites (tertiary alicyclic amines) is 1. The number of hydrogen-bond donors (Lipinski definition) is 1. The van der Waals surface area contributed by atoms with Gasteiger partial charge in [-0.3, -0.25) is 9.59 Å². The third kappa shape index (κ3) is 5.09. The fourth-order valence-electron chi connectivity index (χ4n) is 3.49. The van der Waals surface area contributed by atoms with E-state index in [-0.39, 0.29) is 17.7 Å². The Morgan fingerprint density at radius 3 is 2.60 bits per heavy atom. The van der Waals surface area contributed by atoms with Crippen LogP contribution in [-0.2, 0) is 10.5 Å². The number of piperidine rings is 1. The van der Waals surface area contributed by atoms with Crippen molar-refractivity contribution in [1.82, 2.24) is 9.88 Å². The number of rotatable bonds is 6. The molecule has 1 saturated heterocycles. The first-order chi connectivity index (χ1) is 14.7. The highest BCUT2D eigenvalue weighted by molar-refractivity contribution is 7.98. The number of pyridine rings is 1. The summed E-state index contributed by atoms with van der Waals surface area (Å²) in [6.45, 7) is 1.17. The molecule has 1 fully saturated rings. The molecule has 1 N–H and O–H groups in total. The Balaban J connectivity index is 1.34. The number of thiophene rings is 1. The maximum absolute atomic E-state index is 13.2. The number of carbonyl (C=O) groups is 2. The van der Waals surface area contributed by atoms with Gasteiger partial charge >= 0.3 is 0 Å². The van der Waals surface area contributed by atoms with Crippen LogP contribution in [0.25, 0.3) is 0 Å². The van der Waals surface area contributed by atoms with Gasteiger partial charge in [0.05, 0.1) is 5.56 Å². The minimum Gasteiger partial charge on any atom is -0.339 e. The van der Waals surface area contributed by atoms with Gasteiger partial charge in [0, 0.05) is 40.7 Å². The van der Waals surface area contributed by atoms with Crippen LogP contribution in [0.15, 0.2) is 71.1 Å². The Morgan fingerprint density at radius 1 is 1.07 bits per heavy atom. The molecule has 1 aliphatic rings. The van der Waals surface area contributed by atoms with Crippen LogP contribution < -0.4 is 5.32 Å². The third-order valence-electron chi connectivity index (χ3n) is 5.14. The van der Waals surface area contributed by atoms with E-state index in [4.69, 9.17) is 0 Å². The second-order valence-electron chi connectivity index (χ2n) is 7.13. The van der Waals surface area contributed by atoms with E-state index in [2.05, 4.69) is 21.7 Å². The first-order valence-electron chi connectivity index (χ1n) is 9.96. The topological polar surface area (TPSA) is 62.3 Å². The second-order valence-corrected chi connectivity index (χ2v) is 9.18. The molecule has 5 nitrogen and oxygen atoms in total. The van der Waals surface area contributed by atoms with Crippen LogP contribution in [-0.4, -0.2) is 34.8 Å². The summed E-state index contributed by atoms with van der Waals surface area (Å²) in [7, 11) is 0. The van der Waals surface area contributed by atoms with Gasteiger partial charge in [0.15, 0.2) is 0 Å². The number of hydrogen-bond acceptors (Lipinski definition) is 5. The van der Waals surface area contributed by atoms with Crippen molar-refractivity contribution in [2.24, 2.45) is 5.92 Å². The molecule has 0 atom stereocenters. The smallest absolute Gasteiger partial charge is 0.254 e. The fraction of sp³-hybridized carbons (Fsp3) is 0.261. The summed E-state index contributed by atoms with van der Waals surface area (Å²) in [4.78, 5) is 34.0. The summed E-state index contributed by atoms with van der Waals surface area (Å²) in [6.07, 6.45) is 2.98. The fourth-order valence-corrected chi connectivity index (χ4v) is 5.31. The van der Waals surface area contributed by atoms with Gasteiger partial charge in [-0.15, -0.1) is 23.1 Å². The predicted octanol–water partition coefficient (Wildman–Crippen LogP) is 4.93. The van der Waals surface area contributed by atoms with Crippen LogP contribution in [0.1, 0.15) is 28.1 Å². The maximum atomic E-state index is 13.2. The van der Waals surface area contributed by atoms with Crippen molar-refractivity contribution in [1.29, 1.82) is 0 Å². The number of aromatic nitrogens is 1. The standard InChI is InChI=1S/C23H23N3O2S2/c27-22(25-21-9-3-4-12-24-21)17-10-13-26(14-11-17)23(28)19-7-1-2-8-20(19)30-16-18-6-5-15-29-18/h1-9,12,15,17H,10-11,13-14,16H2,(H,24,25,27). The molecule has 4 rings (SSSR count). The van der Waals surface area contributed by atoms with Gasteiger partial charge in [-0.1, -0.05) is 24.3 Å². The quantitative estimate of drug-likeness (QED) is 0.556. The Morgan fingerprint density at radius 2 is 1.87 bits per heavy atom. The largest absolute Gasteiger partial charge is 0.339 e. The molecule has 1 aromatic carbocycles. The highest BCUT2D eigenvalue weighted by atomic mass is 32.2. The third-order valence-corrected chi connectivity index (χ3v) is 7.32. The van der Waals surface area contributed by atoms with Crippen molar-refractivity contribution in [2.75, 3.05) is 18.4 Å². The molecule has 0 radical (unpaired) electrons. The second kappa shape index (κ2) is 9.91. The lowest BCUT2D eigenvalue weighted by atomic mass is 9.95. The van der Waals surface area contributed by atoms with Crippen LogP contribution in [0.5, 0.6) is 0 Å². The van der Waals surface area contributed by atoms with E-state index in [1.54, 1.807) is 35.4 Å². The summed E-state index contributed by atoms with van der Waals surface area (Å²) >= 11 is 3.43. The highest BCUT2D eigenvalue weighted by Gasteiger charge is 2.28. The molecule has 0 aliphatic carbocycles. The molecule has 1 aliphatic heterocycles. The first kappa shape index (κ1) is 20.6. The molecular weight excluding hydrogens is 414 g/mol. The molecule has 2 aromatic heterocycles. The molecule has 3 aromatic rings. The first-order valence-corrected chi connectivity index (χ1v) is 11.8. The van der Waals surface area contributed by atoms with E-state index in [0.717, 1.165) is 16.2 Å². The summed E-state index contributed by atoms with van der Waals surface area (Å²) < 4.78 is 0. The molecule has 3 heterocycles. The number of carbonyl (C=O) groups excluding carboxylic acids is 2. The van der Waals surface area contributed by atoms with Crippen molar-refractivity contribution in [3.63, 3.8) is 0 Å². The zero-order valence-corrected chi connectivity index (χ0v) is 18.1. The summed E-state index contributed by atoms with van der Waals surface area (Å²) in [6, 6.07) is 17.4. The van der Waals surface area contributed by atoms with E-state index in [9.17, 15) is 9.59 Å². The number of nitrogens with zero attached hydrogens (tertiary/aromatic N) is 2. The molecule has 0 spiro atoms.